The van der Waals surface area contributed by atoms with E-state index in [0.29, 0.717) is 23.2 Å². The molecular formula is C32H36N4O5. The van der Waals surface area contributed by atoms with Crippen LogP contribution in [0.2, 0.25) is 0 Å². The number of nitrogens with zero attached hydrogens (tertiary/aromatic N) is 1. The van der Waals surface area contributed by atoms with E-state index in [-0.39, 0.29) is 6.54 Å². The number of hydrogen-bond donors (Lipinski definition) is 3. The van der Waals surface area contributed by atoms with Gasteiger partial charge in [0, 0.05) is 17.8 Å². The van der Waals surface area contributed by atoms with Crippen molar-refractivity contribution in [3.63, 3.8) is 0 Å². The van der Waals surface area contributed by atoms with Gasteiger partial charge in [-0.25, -0.2) is 4.79 Å². The number of nitrogens with two attached hydrogens (primary N) is 1. The van der Waals surface area contributed by atoms with Crippen molar-refractivity contribution in [2.75, 3.05) is 11.9 Å². The zero-order chi connectivity index (χ0) is 30.2. The number of benzene rings is 3. The van der Waals surface area contributed by atoms with E-state index in [1.807, 2.05) is 43.3 Å². The van der Waals surface area contributed by atoms with Crippen LogP contribution in [0.25, 0.3) is 10.8 Å². The van der Waals surface area contributed by atoms with E-state index in [9.17, 15) is 19.2 Å². The Morgan fingerprint density at radius 1 is 1.00 bits per heavy atom. The smallest absolute Gasteiger partial charge is 0.408 e. The van der Waals surface area contributed by atoms with Crippen LogP contribution in [0.1, 0.15) is 57.7 Å². The van der Waals surface area contributed by atoms with Crippen molar-refractivity contribution >= 4 is 40.3 Å². The number of carbonyl (C=O) groups is 4. The molecule has 0 aliphatic heterocycles. The highest BCUT2D eigenvalue weighted by Gasteiger charge is 2.36. The lowest BCUT2D eigenvalue weighted by molar-refractivity contribution is -0.141. The summed E-state index contributed by atoms with van der Waals surface area (Å²) in [5.41, 5.74) is 6.25. The van der Waals surface area contributed by atoms with Crippen molar-refractivity contribution in [2.45, 2.75) is 58.2 Å². The molecule has 0 aliphatic carbocycles. The number of ether oxygens (including phenoxy) is 1. The molecule has 0 bridgehead atoms. The van der Waals surface area contributed by atoms with Crippen LogP contribution < -0.4 is 16.4 Å². The summed E-state index contributed by atoms with van der Waals surface area (Å²) in [6.07, 6.45) is 4.65. The van der Waals surface area contributed by atoms with Crippen molar-refractivity contribution < 1.29 is 23.9 Å². The highest BCUT2D eigenvalue weighted by molar-refractivity contribution is 6.01. The summed E-state index contributed by atoms with van der Waals surface area (Å²) in [6.45, 7) is 7.02. The molecule has 0 saturated heterocycles. The first-order chi connectivity index (χ1) is 19.4. The molecule has 4 amide bonds. The Kier molecular flexibility index (Phi) is 10.1. The maximum absolute atomic E-state index is 14.0. The fraction of sp³-hybridized carbons (Fsp3) is 0.312. The third kappa shape index (κ3) is 8.57. The van der Waals surface area contributed by atoms with E-state index < -0.39 is 47.9 Å². The molecule has 2 unspecified atom stereocenters. The Morgan fingerprint density at radius 3 is 2.24 bits per heavy atom. The van der Waals surface area contributed by atoms with Gasteiger partial charge in [-0.2, -0.15) is 0 Å². The second-order valence-corrected chi connectivity index (χ2v) is 10.6. The largest absolute Gasteiger partial charge is 0.444 e. The Morgan fingerprint density at radius 2 is 1.66 bits per heavy atom. The first kappa shape index (κ1) is 30.7. The summed E-state index contributed by atoms with van der Waals surface area (Å²) in [6, 6.07) is 17.5. The minimum Gasteiger partial charge on any atom is -0.444 e. The van der Waals surface area contributed by atoms with Gasteiger partial charge in [0.2, 0.25) is 11.8 Å². The molecule has 3 aromatic carbocycles. The normalized spacial score (nSPS) is 12.5. The van der Waals surface area contributed by atoms with Gasteiger partial charge in [-0.1, -0.05) is 55.3 Å². The van der Waals surface area contributed by atoms with Gasteiger partial charge < -0.3 is 26.0 Å². The van der Waals surface area contributed by atoms with Crippen LogP contribution >= 0.6 is 0 Å². The Labute approximate surface area is 240 Å². The van der Waals surface area contributed by atoms with E-state index in [1.165, 1.54) is 4.90 Å². The molecule has 9 nitrogen and oxygen atoms in total. The Bertz CT molecular complexity index is 1450. The van der Waals surface area contributed by atoms with Gasteiger partial charge in [0.15, 0.2) is 0 Å². The van der Waals surface area contributed by atoms with Gasteiger partial charge >= 0.3 is 6.09 Å². The van der Waals surface area contributed by atoms with Crippen LogP contribution in [0.4, 0.5) is 10.5 Å². The molecule has 9 heteroatoms. The average Bonchev–Trinajstić information content (AvgIpc) is 2.91. The summed E-state index contributed by atoms with van der Waals surface area (Å²) in [4.78, 5) is 53.7. The molecule has 3 rings (SSSR count). The maximum Gasteiger partial charge on any atom is 0.408 e. The molecule has 3 aromatic rings. The number of alkyl carbamates (subject to hydrolysis) is 1. The van der Waals surface area contributed by atoms with Crippen molar-refractivity contribution in [3.8, 4) is 12.3 Å². The average molecular weight is 557 g/mol. The van der Waals surface area contributed by atoms with E-state index in [1.54, 1.807) is 51.1 Å². The number of nitrogens with one attached hydrogen (secondary N) is 2. The second kappa shape index (κ2) is 13.5. The lowest BCUT2D eigenvalue weighted by Gasteiger charge is -2.34. The minimum atomic E-state index is -1.35. The molecule has 41 heavy (non-hydrogen) atoms. The van der Waals surface area contributed by atoms with Crippen LogP contribution in [0, 0.1) is 12.3 Å². The van der Waals surface area contributed by atoms with Crippen molar-refractivity contribution in [2.24, 2.45) is 5.73 Å². The van der Waals surface area contributed by atoms with Crippen molar-refractivity contribution in [1.29, 1.82) is 0 Å². The highest BCUT2D eigenvalue weighted by Crippen LogP contribution is 2.27. The zero-order valence-corrected chi connectivity index (χ0v) is 23.8. The number of hydrogen-bond acceptors (Lipinski definition) is 5. The number of carbonyl (C=O) groups excluding carboxylic acids is 4. The van der Waals surface area contributed by atoms with Crippen LogP contribution in [-0.4, -0.2) is 46.9 Å². The van der Waals surface area contributed by atoms with Gasteiger partial charge in [-0.05, 0) is 67.8 Å². The molecule has 0 aromatic heterocycles. The molecule has 2 atom stereocenters. The van der Waals surface area contributed by atoms with Gasteiger partial charge in [0.1, 0.15) is 17.7 Å². The van der Waals surface area contributed by atoms with Crippen LogP contribution in [0.15, 0.2) is 66.7 Å². The number of amides is 4. The van der Waals surface area contributed by atoms with Gasteiger partial charge in [0.05, 0.1) is 6.42 Å². The molecule has 4 N–H and O–H groups in total. The van der Waals surface area contributed by atoms with Gasteiger partial charge in [0.25, 0.3) is 5.91 Å². The van der Waals surface area contributed by atoms with Gasteiger partial charge in [-0.3, -0.25) is 14.4 Å². The summed E-state index contributed by atoms with van der Waals surface area (Å²) in [5.74, 6) is 0.606. The topological polar surface area (TPSA) is 131 Å². The van der Waals surface area contributed by atoms with E-state index in [4.69, 9.17) is 16.9 Å². The number of fused-ring (bicyclic) bond motifs is 1. The van der Waals surface area contributed by atoms with E-state index in [2.05, 4.69) is 16.6 Å². The molecule has 0 radical (unpaired) electrons. The predicted molar refractivity (Wildman–Crippen MR) is 159 cm³/mol. The molecule has 0 spiro atoms. The fourth-order valence-electron chi connectivity index (χ4n) is 4.37. The van der Waals surface area contributed by atoms with Crippen LogP contribution in [-0.2, 0) is 19.1 Å². The molecule has 0 aliphatic rings. The summed E-state index contributed by atoms with van der Waals surface area (Å²) < 4.78 is 5.30. The van der Waals surface area contributed by atoms with E-state index in [0.717, 1.165) is 10.8 Å². The first-order valence-electron chi connectivity index (χ1n) is 13.4. The summed E-state index contributed by atoms with van der Waals surface area (Å²) >= 11 is 0. The summed E-state index contributed by atoms with van der Waals surface area (Å²) in [5, 5.41) is 7.34. The molecular weight excluding hydrogens is 520 g/mol. The number of primary amides is 1. The van der Waals surface area contributed by atoms with E-state index >= 15 is 0 Å². The Balaban J connectivity index is 2.02. The number of rotatable bonds is 10. The minimum absolute atomic E-state index is 0.150. The van der Waals surface area contributed by atoms with Crippen molar-refractivity contribution in [3.05, 3.63) is 77.9 Å². The molecule has 214 valence electrons. The third-order valence-corrected chi connectivity index (χ3v) is 6.11. The lowest BCUT2D eigenvalue weighted by Crippen LogP contribution is -2.53. The quantitative estimate of drug-likeness (QED) is 0.316. The Hall–Kier alpha value is -4.84. The molecule has 0 heterocycles. The first-order valence-corrected chi connectivity index (χ1v) is 13.4. The van der Waals surface area contributed by atoms with Gasteiger partial charge in [-0.15, -0.1) is 6.42 Å². The summed E-state index contributed by atoms with van der Waals surface area (Å²) in [7, 11) is 0. The van der Waals surface area contributed by atoms with Crippen molar-refractivity contribution in [1.82, 2.24) is 10.2 Å². The van der Waals surface area contributed by atoms with Crippen LogP contribution in [0.3, 0.4) is 0 Å². The number of anilines is 1. The predicted octanol–water partition coefficient (Wildman–Crippen LogP) is 4.51. The third-order valence-electron chi connectivity index (χ3n) is 6.11. The molecule has 0 saturated carbocycles. The maximum atomic E-state index is 14.0. The standard InChI is InChI=1S/C32H36N4O5/c1-6-18-36(30(39)26(20-27(33)37)35-31(40)41-32(3,4)5)28(23-14-12-21(7-2)13-15-23)29(38)34-25-17-16-22-10-8-9-11-24(22)19-25/h2,8-17,19,26,28H,6,18,20H2,1,3-5H3,(H2,33,37)(H,34,38)(H,35,40). The number of terminal acetylenes is 1. The monoisotopic (exact) mass is 556 g/mol. The zero-order valence-electron chi connectivity index (χ0n) is 23.8. The lowest BCUT2D eigenvalue weighted by atomic mass is 10.00. The second-order valence-electron chi connectivity index (χ2n) is 10.6. The highest BCUT2D eigenvalue weighted by atomic mass is 16.6. The van der Waals surface area contributed by atoms with Crippen LogP contribution in [0.5, 0.6) is 0 Å². The molecule has 0 fully saturated rings. The fourth-order valence-corrected chi connectivity index (χ4v) is 4.37. The SMILES string of the molecule is C#Cc1ccc(C(C(=O)Nc2ccc3ccccc3c2)N(CCC)C(=O)C(CC(N)=O)NC(=O)OC(C)(C)C)cc1.